The van der Waals surface area contributed by atoms with Crippen molar-refractivity contribution in [2.45, 2.75) is 52.2 Å². The number of hydrogen-bond donors (Lipinski definition) is 1. The Bertz CT molecular complexity index is 555. The number of nitrogens with zero attached hydrogens (tertiary/aromatic N) is 3. The van der Waals surface area contributed by atoms with Crippen molar-refractivity contribution < 1.29 is 4.74 Å². The lowest BCUT2D eigenvalue weighted by molar-refractivity contribution is 0.151. The maximum absolute atomic E-state index is 5.58. The van der Waals surface area contributed by atoms with Gasteiger partial charge in [0.05, 0.1) is 6.10 Å². The number of rotatable bonds is 4. The smallest absolute Gasteiger partial charge is 0.213 e. The summed E-state index contributed by atoms with van der Waals surface area (Å²) in [6, 6.07) is 3.99. The van der Waals surface area contributed by atoms with Crippen LogP contribution >= 0.6 is 24.0 Å². The molecule has 2 aliphatic rings. The van der Waals surface area contributed by atoms with E-state index in [-0.39, 0.29) is 30.1 Å². The summed E-state index contributed by atoms with van der Waals surface area (Å²) in [5.41, 5.74) is 1.73. The molecule has 1 aliphatic heterocycles. The predicted molar refractivity (Wildman–Crippen MR) is 108 cm³/mol. The molecular weight excluding hydrogens is 415 g/mol. The first-order valence-corrected chi connectivity index (χ1v) is 8.67. The molecule has 3 rings (SSSR count). The third-order valence-corrected chi connectivity index (χ3v) is 4.97. The summed E-state index contributed by atoms with van der Waals surface area (Å²) in [6.07, 6.45) is 7.52. The van der Waals surface area contributed by atoms with E-state index >= 15 is 0 Å². The van der Waals surface area contributed by atoms with Gasteiger partial charge in [0.1, 0.15) is 0 Å². The Hall–Kier alpha value is -1.05. The van der Waals surface area contributed by atoms with Crippen molar-refractivity contribution in [1.82, 2.24) is 15.2 Å². The van der Waals surface area contributed by atoms with Crippen LogP contribution < -0.4 is 10.1 Å². The fourth-order valence-electron chi connectivity index (χ4n) is 3.54. The van der Waals surface area contributed by atoms with Gasteiger partial charge in [-0.3, -0.25) is 4.99 Å². The van der Waals surface area contributed by atoms with E-state index in [2.05, 4.69) is 26.3 Å². The zero-order chi connectivity index (χ0) is 16.3. The Kier molecular flexibility index (Phi) is 6.71. The molecule has 0 unspecified atom stereocenters. The van der Waals surface area contributed by atoms with E-state index in [1.54, 1.807) is 0 Å². The van der Waals surface area contributed by atoms with Crippen molar-refractivity contribution in [2.75, 3.05) is 20.1 Å². The van der Waals surface area contributed by atoms with Crippen LogP contribution in [0, 0.1) is 5.41 Å². The van der Waals surface area contributed by atoms with Crippen LogP contribution in [0.15, 0.2) is 23.3 Å². The van der Waals surface area contributed by atoms with Crippen molar-refractivity contribution in [2.24, 2.45) is 10.4 Å². The van der Waals surface area contributed by atoms with Crippen LogP contribution in [0.5, 0.6) is 5.88 Å². The molecule has 1 saturated heterocycles. The van der Waals surface area contributed by atoms with Crippen LogP contribution in [0.4, 0.5) is 0 Å². The summed E-state index contributed by atoms with van der Waals surface area (Å²) in [7, 11) is 1.87. The molecule has 24 heavy (non-hydrogen) atoms. The Morgan fingerprint density at radius 3 is 2.67 bits per heavy atom. The van der Waals surface area contributed by atoms with E-state index in [0.717, 1.165) is 31.2 Å². The molecule has 1 aliphatic carbocycles. The van der Waals surface area contributed by atoms with Crippen LogP contribution in [0.25, 0.3) is 0 Å². The lowest BCUT2D eigenvalue weighted by Crippen LogP contribution is -2.42. The molecule has 0 aromatic carbocycles. The monoisotopic (exact) mass is 444 g/mol. The number of guanidine groups is 1. The second-order valence-electron chi connectivity index (χ2n) is 7.10. The number of nitrogens with one attached hydrogen (secondary N) is 1. The van der Waals surface area contributed by atoms with Gasteiger partial charge in [0.2, 0.25) is 5.88 Å². The van der Waals surface area contributed by atoms with Gasteiger partial charge in [0.15, 0.2) is 5.96 Å². The molecule has 0 radical (unpaired) electrons. The standard InChI is InChI=1S/C18H28N4O.HI/c1-14(2)23-16-6-5-15(11-20-16)12-21-17(19-3)22-10-9-18(13-22)7-4-8-18;/h5-6,11,14H,4,7-10,12-13H2,1-3H3,(H,19,21);1H. The highest BCUT2D eigenvalue weighted by molar-refractivity contribution is 14.0. The van der Waals surface area contributed by atoms with E-state index in [0.29, 0.717) is 11.3 Å². The molecule has 0 atom stereocenters. The van der Waals surface area contributed by atoms with Crippen molar-refractivity contribution in [3.63, 3.8) is 0 Å². The van der Waals surface area contributed by atoms with Gasteiger partial charge < -0.3 is 15.0 Å². The Labute approximate surface area is 162 Å². The summed E-state index contributed by atoms with van der Waals surface area (Å²) in [5, 5.41) is 3.47. The summed E-state index contributed by atoms with van der Waals surface area (Å²) >= 11 is 0. The number of ether oxygens (including phenoxy) is 1. The van der Waals surface area contributed by atoms with Crippen LogP contribution in [-0.4, -0.2) is 42.1 Å². The van der Waals surface area contributed by atoms with Gasteiger partial charge in [0.25, 0.3) is 0 Å². The second-order valence-corrected chi connectivity index (χ2v) is 7.10. The first kappa shape index (κ1) is 19.3. The van der Waals surface area contributed by atoms with Gasteiger partial charge in [-0.05, 0) is 44.1 Å². The zero-order valence-corrected chi connectivity index (χ0v) is 17.2. The SMILES string of the molecule is CN=C(NCc1ccc(OC(C)C)nc1)N1CCC2(CCC2)C1.I. The third-order valence-electron chi connectivity index (χ3n) is 4.97. The van der Waals surface area contributed by atoms with Gasteiger partial charge in [-0.2, -0.15) is 0 Å². The van der Waals surface area contributed by atoms with Crippen molar-refractivity contribution in [3.8, 4) is 5.88 Å². The first-order valence-electron chi connectivity index (χ1n) is 8.67. The third kappa shape index (κ3) is 4.52. The second kappa shape index (κ2) is 8.36. The fraction of sp³-hybridized carbons (Fsp3) is 0.667. The van der Waals surface area contributed by atoms with Crippen molar-refractivity contribution in [1.29, 1.82) is 0 Å². The quantitative estimate of drug-likeness (QED) is 0.439. The van der Waals surface area contributed by atoms with Crippen molar-refractivity contribution >= 4 is 29.9 Å². The van der Waals surface area contributed by atoms with Crippen molar-refractivity contribution in [3.05, 3.63) is 23.9 Å². The molecule has 0 amide bonds. The van der Waals surface area contributed by atoms with E-state index in [9.17, 15) is 0 Å². The molecule has 1 spiro atoms. The predicted octanol–water partition coefficient (Wildman–Crippen LogP) is 3.44. The number of aliphatic imine (C=N–C) groups is 1. The van der Waals surface area contributed by atoms with Gasteiger partial charge in [0, 0.05) is 38.9 Å². The van der Waals surface area contributed by atoms with E-state index in [1.807, 2.05) is 33.2 Å². The minimum atomic E-state index is 0. The number of hydrogen-bond acceptors (Lipinski definition) is 3. The summed E-state index contributed by atoms with van der Waals surface area (Å²) < 4.78 is 5.58. The number of pyridine rings is 1. The van der Waals surface area contributed by atoms with Gasteiger partial charge in [-0.15, -0.1) is 24.0 Å². The molecule has 2 fully saturated rings. The Morgan fingerprint density at radius 1 is 1.38 bits per heavy atom. The minimum absolute atomic E-state index is 0. The maximum Gasteiger partial charge on any atom is 0.213 e. The number of halogens is 1. The molecule has 0 bridgehead atoms. The van der Waals surface area contributed by atoms with Gasteiger partial charge in [-0.25, -0.2) is 4.98 Å². The van der Waals surface area contributed by atoms with E-state index < -0.39 is 0 Å². The van der Waals surface area contributed by atoms with Gasteiger partial charge in [-0.1, -0.05) is 12.5 Å². The highest BCUT2D eigenvalue weighted by atomic mass is 127. The highest BCUT2D eigenvalue weighted by Gasteiger charge is 2.43. The zero-order valence-electron chi connectivity index (χ0n) is 14.9. The van der Waals surface area contributed by atoms with Crippen LogP contribution in [-0.2, 0) is 6.54 Å². The normalized spacial score (nSPS) is 19.2. The molecule has 134 valence electrons. The van der Waals surface area contributed by atoms with Crippen LogP contribution in [0.2, 0.25) is 0 Å². The Balaban J connectivity index is 0.00000208. The fourth-order valence-corrected chi connectivity index (χ4v) is 3.54. The maximum atomic E-state index is 5.58. The van der Waals surface area contributed by atoms with E-state index in [1.165, 1.54) is 25.7 Å². The molecule has 1 aromatic rings. The topological polar surface area (TPSA) is 49.8 Å². The molecular formula is C18H29IN4O. The summed E-state index contributed by atoms with van der Waals surface area (Å²) in [6.45, 7) is 7.04. The molecule has 1 N–H and O–H groups in total. The van der Waals surface area contributed by atoms with Crippen LogP contribution in [0.3, 0.4) is 0 Å². The lowest BCUT2D eigenvalue weighted by atomic mass is 9.68. The molecule has 1 aromatic heterocycles. The molecule has 6 heteroatoms. The molecule has 5 nitrogen and oxygen atoms in total. The average Bonchev–Trinajstić information content (AvgIpc) is 2.95. The number of likely N-dealkylation sites (tertiary alicyclic amines) is 1. The van der Waals surface area contributed by atoms with Crippen LogP contribution in [0.1, 0.15) is 45.1 Å². The molecule has 2 heterocycles. The lowest BCUT2D eigenvalue weighted by Gasteiger charge is -2.38. The summed E-state index contributed by atoms with van der Waals surface area (Å²) in [5.74, 6) is 1.69. The highest BCUT2D eigenvalue weighted by Crippen LogP contribution is 2.47. The van der Waals surface area contributed by atoms with Gasteiger partial charge >= 0.3 is 0 Å². The average molecular weight is 444 g/mol. The first-order chi connectivity index (χ1) is 11.1. The Morgan fingerprint density at radius 2 is 2.17 bits per heavy atom. The summed E-state index contributed by atoms with van der Waals surface area (Å²) in [4.78, 5) is 11.2. The molecule has 1 saturated carbocycles. The minimum Gasteiger partial charge on any atom is -0.475 e. The van der Waals surface area contributed by atoms with E-state index in [4.69, 9.17) is 4.74 Å². The number of aromatic nitrogens is 1. The largest absolute Gasteiger partial charge is 0.475 e.